The van der Waals surface area contributed by atoms with Crippen molar-refractivity contribution in [2.75, 3.05) is 0 Å². The van der Waals surface area contributed by atoms with Crippen LogP contribution in [0.15, 0.2) is 34.1 Å². The van der Waals surface area contributed by atoms with Gasteiger partial charge in [-0.25, -0.2) is 0 Å². The van der Waals surface area contributed by atoms with Gasteiger partial charge in [-0.3, -0.25) is 4.79 Å². The first-order valence-electron chi connectivity index (χ1n) is 6.70. The summed E-state index contributed by atoms with van der Waals surface area (Å²) in [5.41, 5.74) is 0. The van der Waals surface area contributed by atoms with Crippen LogP contribution in [0, 0.1) is 17.8 Å². The molecule has 1 aromatic rings. The molecule has 2 aliphatic carbocycles. The van der Waals surface area contributed by atoms with Crippen molar-refractivity contribution in [3.05, 3.63) is 24.3 Å². The molecule has 2 saturated carbocycles. The van der Waals surface area contributed by atoms with Gasteiger partial charge < -0.3 is 0 Å². The average Bonchev–Trinajstić information content (AvgIpc) is 2.87. The molecular weight excluding hydrogens is 260 g/mol. The maximum Gasteiger partial charge on any atom is 0.138 e. The van der Waals surface area contributed by atoms with E-state index in [1.165, 1.54) is 9.79 Å². The number of thioether (sulfide) groups is 2. The van der Waals surface area contributed by atoms with Gasteiger partial charge in [-0.05, 0) is 36.8 Å². The molecule has 18 heavy (non-hydrogen) atoms. The van der Waals surface area contributed by atoms with Gasteiger partial charge in [0, 0.05) is 22.1 Å². The van der Waals surface area contributed by atoms with E-state index >= 15 is 0 Å². The molecule has 0 N–H and O–H groups in total. The van der Waals surface area contributed by atoms with Crippen LogP contribution >= 0.6 is 23.5 Å². The van der Waals surface area contributed by atoms with Crippen molar-refractivity contribution in [1.82, 2.24) is 0 Å². The van der Waals surface area contributed by atoms with Gasteiger partial charge in [0.15, 0.2) is 0 Å². The van der Waals surface area contributed by atoms with E-state index in [0.717, 1.165) is 25.2 Å². The van der Waals surface area contributed by atoms with Crippen molar-refractivity contribution in [2.45, 2.75) is 40.1 Å². The van der Waals surface area contributed by atoms with Gasteiger partial charge in [-0.15, -0.1) is 23.5 Å². The number of fused-ring (bicyclic) bond motifs is 4. The Bertz CT molecular complexity index is 500. The molecule has 0 radical (unpaired) electrons. The summed E-state index contributed by atoms with van der Waals surface area (Å²) < 4.78 is 0.113. The molecule has 94 valence electrons. The highest BCUT2D eigenvalue weighted by Gasteiger charge is 2.60. The van der Waals surface area contributed by atoms with E-state index in [4.69, 9.17) is 0 Å². The molecule has 2 bridgehead atoms. The minimum absolute atomic E-state index is 0.113. The first kappa shape index (κ1) is 11.4. The Morgan fingerprint density at radius 2 is 1.89 bits per heavy atom. The zero-order valence-corrected chi connectivity index (χ0v) is 12.0. The van der Waals surface area contributed by atoms with Crippen LogP contribution in [0.4, 0.5) is 0 Å². The van der Waals surface area contributed by atoms with Crippen molar-refractivity contribution in [2.24, 2.45) is 17.8 Å². The predicted molar refractivity (Wildman–Crippen MR) is 75.9 cm³/mol. The number of rotatable bonds is 0. The number of carbonyl (C=O) groups excluding carboxylic acids is 1. The highest BCUT2D eigenvalue weighted by Crippen LogP contribution is 2.69. The second-order valence-electron chi connectivity index (χ2n) is 5.71. The smallest absolute Gasteiger partial charge is 0.138 e. The van der Waals surface area contributed by atoms with Crippen molar-refractivity contribution in [1.29, 1.82) is 0 Å². The van der Waals surface area contributed by atoms with Crippen molar-refractivity contribution in [3.8, 4) is 0 Å². The van der Waals surface area contributed by atoms with E-state index in [2.05, 4.69) is 31.2 Å². The third kappa shape index (κ3) is 1.35. The van der Waals surface area contributed by atoms with Crippen molar-refractivity contribution < 1.29 is 4.79 Å². The predicted octanol–water partition coefficient (Wildman–Crippen LogP) is 4.22. The number of hydrogen-bond acceptors (Lipinski definition) is 3. The number of hydrogen-bond donors (Lipinski definition) is 0. The fourth-order valence-electron chi connectivity index (χ4n) is 3.85. The molecule has 1 spiro atoms. The maximum atomic E-state index is 12.3. The normalized spacial score (nSPS) is 36.1. The van der Waals surface area contributed by atoms with E-state index in [9.17, 15) is 4.79 Å². The molecule has 1 aliphatic heterocycles. The molecule has 3 aliphatic rings. The first-order chi connectivity index (χ1) is 8.71. The van der Waals surface area contributed by atoms with Crippen LogP contribution < -0.4 is 0 Å². The summed E-state index contributed by atoms with van der Waals surface area (Å²) in [5.74, 6) is 2.22. The van der Waals surface area contributed by atoms with Crippen LogP contribution in [0.25, 0.3) is 0 Å². The summed E-state index contributed by atoms with van der Waals surface area (Å²) >= 11 is 3.95. The summed E-state index contributed by atoms with van der Waals surface area (Å²) in [7, 11) is 0. The van der Waals surface area contributed by atoms with Crippen molar-refractivity contribution in [3.63, 3.8) is 0 Å². The summed E-state index contributed by atoms with van der Waals surface area (Å²) in [5, 5.41) is 0. The highest BCUT2D eigenvalue weighted by atomic mass is 32.2. The monoisotopic (exact) mass is 276 g/mol. The maximum absolute atomic E-state index is 12.3. The third-order valence-electron chi connectivity index (χ3n) is 4.90. The fourth-order valence-corrected chi connectivity index (χ4v) is 7.62. The first-order valence-corrected chi connectivity index (χ1v) is 8.34. The Labute approximate surface area is 116 Å². The van der Waals surface area contributed by atoms with E-state index < -0.39 is 0 Å². The van der Waals surface area contributed by atoms with E-state index in [0.29, 0.717) is 11.7 Å². The molecule has 3 unspecified atom stereocenters. The number of Topliss-reactive ketones (excluding diaryl/α,β-unsaturated/α-hetero) is 1. The molecule has 1 aromatic carbocycles. The number of carbonyl (C=O) groups is 1. The molecule has 0 aromatic heterocycles. The second-order valence-corrected chi connectivity index (χ2v) is 8.61. The Hall–Kier alpha value is -0.410. The highest BCUT2D eigenvalue weighted by molar-refractivity contribution is 8.20. The van der Waals surface area contributed by atoms with Crippen LogP contribution in [0.3, 0.4) is 0 Å². The quantitative estimate of drug-likeness (QED) is 0.706. The summed E-state index contributed by atoms with van der Waals surface area (Å²) in [6.07, 6.45) is 3.07. The molecule has 0 saturated heterocycles. The lowest BCUT2D eigenvalue weighted by atomic mass is 9.87. The zero-order chi connectivity index (χ0) is 12.3. The zero-order valence-electron chi connectivity index (χ0n) is 10.4. The Balaban J connectivity index is 1.79. The lowest BCUT2D eigenvalue weighted by Gasteiger charge is -2.31. The minimum Gasteiger partial charge on any atom is -0.299 e. The van der Waals surface area contributed by atoms with Gasteiger partial charge >= 0.3 is 0 Å². The number of benzene rings is 1. The van der Waals surface area contributed by atoms with Crippen LogP contribution in [-0.2, 0) is 4.79 Å². The topological polar surface area (TPSA) is 17.1 Å². The standard InChI is InChI=1S/C15H16OS2/c1-9-10-6-7-12(16)11(8-10)15(9)17-13-4-2-3-5-14(13)18-15/h2-5,9-11H,6-8H2,1H3. The Morgan fingerprint density at radius 1 is 1.22 bits per heavy atom. The molecule has 3 heteroatoms. The Kier molecular flexibility index (Phi) is 2.41. The van der Waals surface area contributed by atoms with Crippen LogP contribution in [-0.4, -0.2) is 9.86 Å². The summed E-state index contributed by atoms with van der Waals surface area (Å²) in [4.78, 5) is 15.1. The van der Waals surface area contributed by atoms with Gasteiger partial charge in [0.2, 0.25) is 0 Å². The van der Waals surface area contributed by atoms with Gasteiger partial charge in [0.1, 0.15) is 5.78 Å². The lowest BCUT2D eigenvalue weighted by Crippen LogP contribution is -2.33. The molecule has 1 nitrogen and oxygen atoms in total. The SMILES string of the molecule is CC1C2CCC(=O)C(C2)C12Sc1ccccc1S2. The third-order valence-corrected chi connectivity index (χ3v) is 8.64. The largest absolute Gasteiger partial charge is 0.299 e. The average molecular weight is 276 g/mol. The van der Waals surface area contributed by atoms with Gasteiger partial charge in [-0.1, -0.05) is 19.1 Å². The molecule has 1 heterocycles. The van der Waals surface area contributed by atoms with Crippen LogP contribution in [0.1, 0.15) is 26.2 Å². The van der Waals surface area contributed by atoms with Crippen LogP contribution in [0.5, 0.6) is 0 Å². The van der Waals surface area contributed by atoms with Gasteiger partial charge in [0.25, 0.3) is 0 Å². The van der Waals surface area contributed by atoms with Gasteiger partial charge in [0.05, 0.1) is 4.08 Å². The summed E-state index contributed by atoms with van der Waals surface area (Å²) in [6, 6.07) is 8.64. The molecular formula is C15H16OS2. The second kappa shape index (κ2) is 3.80. The van der Waals surface area contributed by atoms with E-state index in [1.807, 2.05) is 23.5 Å². The molecule has 3 atom stereocenters. The lowest BCUT2D eigenvalue weighted by molar-refractivity contribution is -0.124. The van der Waals surface area contributed by atoms with Crippen LogP contribution in [0.2, 0.25) is 0 Å². The van der Waals surface area contributed by atoms with E-state index in [-0.39, 0.29) is 10.00 Å². The van der Waals surface area contributed by atoms with E-state index in [1.54, 1.807) is 0 Å². The van der Waals surface area contributed by atoms with Crippen molar-refractivity contribution >= 4 is 29.3 Å². The molecule has 0 amide bonds. The Morgan fingerprint density at radius 3 is 2.56 bits per heavy atom. The molecule has 4 rings (SSSR count). The fraction of sp³-hybridized carbons (Fsp3) is 0.533. The van der Waals surface area contributed by atoms with Gasteiger partial charge in [-0.2, -0.15) is 0 Å². The summed E-state index contributed by atoms with van der Waals surface area (Å²) in [6.45, 7) is 2.37. The minimum atomic E-state index is 0.113. The molecule has 2 fully saturated rings. The number of ketones is 1.